The zero-order valence-electron chi connectivity index (χ0n) is 11.8. The molecule has 0 saturated heterocycles. The summed E-state index contributed by atoms with van der Waals surface area (Å²) in [6.45, 7) is 3.33. The summed E-state index contributed by atoms with van der Waals surface area (Å²) in [4.78, 5) is 0. The van der Waals surface area contributed by atoms with E-state index in [0.29, 0.717) is 5.56 Å². The van der Waals surface area contributed by atoms with Gasteiger partial charge in [-0.15, -0.1) is 0 Å². The maximum atomic E-state index is 8.89. The van der Waals surface area contributed by atoms with Gasteiger partial charge in [-0.3, -0.25) is 0 Å². The second-order valence-corrected chi connectivity index (χ2v) is 5.55. The number of anilines is 1. The molecule has 0 heterocycles. The highest BCUT2D eigenvalue weighted by Crippen LogP contribution is 2.30. The minimum atomic E-state index is 0.633. The second-order valence-electron chi connectivity index (χ2n) is 5.55. The quantitative estimate of drug-likeness (QED) is 0.893. The minimum absolute atomic E-state index is 0.633. The normalized spacial score (nSPS) is 22.6. The molecule has 1 N–H and O–H groups in total. The van der Waals surface area contributed by atoms with Crippen LogP contribution in [0.3, 0.4) is 0 Å². The van der Waals surface area contributed by atoms with Gasteiger partial charge < -0.3 is 10.1 Å². The molecule has 102 valence electrons. The van der Waals surface area contributed by atoms with Gasteiger partial charge in [-0.05, 0) is 36.8 Å². The lowest BCUT2D eigenvalue weighted by atomic mass is 9.82. The van der Waals surface area contributed by atoms with Crippen LogP contribution < -0.4 is 10.1 Å². The molecule has 1 aliphatic carbocycles. The lowest BCUT2D eigenvalue weighted by molar-refractivity contribution is 0.293. The van der Waals surface area contributed by atoms with Crippen LogP contribution in [0.25, 0.3) is 0 Å². The van der Waals surface area contributed by atoms with Gasteiger partial charge in [0.25, 0.3) is 0 Å². The first-order valence-corrected chi connectivity index (χ1v) is 7.05. The number of hydrogen-bond donors (Lipinski definition) is 1. The van der Waals surface area contributed by atoms with Crippen molar-refractivity contribution in [2.24, 2.45) is 11.8 Å². The maximum Gasteiger partial charge on any atom is 0.143 e. The Morgan fingerprint density at radius 1 is 1.42 bits per heavy atom. The number of methoxy groups -OCH3 is 1. The van der Waals surface area contributed by atoms with E-state index in [1.807, 2.05) is 12.1 Å². The SMILES string of the molecule is COc1cc(C#N)ccc1NCC1CCCC(C)C1. The van der Waals surface area contributed by atoms with E-state index >= 15 is 0 Å². The van der Waals surface area contributed by atoms with E-state index in [1.54, 1.807) is 13.2 Å². The molecule has 1 aliphatic rings. The molecule has 0 aliphatic heterocycles. The Kier molecular flexibility index (Phi) is 4.68. The first-order valence-electron chi connectivity index (χ1n) is 7.05. The van der Waals surface area contributed by atoms with Gasteiger partial charge in [0.05, 0.1) is 24.4 Å². The zero-order chi connectivity index (χ0) is 13.7. The van der Waals surface area contributed by atoms with Crippen molar-refractivity contribution in [3.63, 3.8) is 0 Å². The van der Waals surface area contributed by atoms with E-state index in [2.05, 4.69) is 18.3 Å². The van der Waals surface area contributed by atoms with Crippen LogP contribution in [0.4, 0.5) is 5.69 Å². The topological polar surface area (TPSA) is 45.0 Å². The number of nitrogens with zero attached hydrogens (tertiary/aromatic N) is 1. The standard InChI is InChI=1S/C16H22N2O/c1-12-4-3-5-14(8-12)11-18-15-7-6-13(10-17)9-16(15)19-2/h6-7,9,12,14,18H,3-5,8,11H2,1-2H3. The van der Waals surface area contributed by atoms with E-state index in [-0.39, 0.29) is 0 Å². The van der Waals surface area contributed by atoms with Gasteiger partial charge in [0.2, 0.25) is 0 Å². The molecule has 1 fully saturated rings. The average Bonchev–Trinajstić information content (AvgIpc) is 2.45. The number of ether oxygens (including phenoxy) is 1. The predicted molar refractivity (Wildman–Crippen MR) is 77.3 cm³/mol. The highest BCUT2D eigenvalue weighted by Gasteiger charge is 2.18. The number of hydrogen-bond acceptors (Lipinski definition) is 3. The van der Waals surface area contributed by atoms with Crippen LogP contribution >= 0.6 is 0 Å². The van der Waals surface area contributed by atoms with Crippen LogP contribution in [0.2, 0.25) is 0 Å². The molecule has 0 aromatic heterocycles. The Hall–Kier alpha value is -1.69. The summed E-state index contributed by atoms with van der Waals surface area (Å²) >= 11 is 0. The number of benzene rings is 1. The zero-order valence-corrected chi connectivity index (χ0v) is 11.8. The molecule has 2 rings (SSSR count). The monoisotopic (exact) mass is 258 g/mol. The van der Waals surface area contributed by atoms with Gasteiger partial charge in [-0.25, -0.2) is 0 Å². The van der Waals surface area contributed by atoms with Gasteiger partial charge >= 0.3 is 0 Å². The Balaban J connectivity index is 1.97. The van der Waals surface area contributed by atoms with Crippen LogP contribution in [-0.4, -0.2) is 13.7 Å². The van der Waals surface area contributed by atoms with Gasteiger partial charge in [-0.1, -0.05) is 19.8 Å². The van der Waals surface area contributed by atoms with Crippen LogP contribution in [0, 0.1) is 23.2 Å². The first kappa shape index (κ1) is 13.7. The first-order chi connectivity index (χ1) is 9.22. The van der Waals surface area contributed by atoms with Crippen LogP contribution in [-0.2, 0) is 0 Å². The summed E-state index contributed by atoms with van der Waals surface area (Å²) in [5, 5.41) is 12.4. The Morgan fingerprint density at radius 3 is 2.95 bits per heavy atom. The molecular weight excluding hydrogens is 236 g/mol. The molecule has 0 radical (unpaired) electrons. The van der Waals surface area contributed by atoms with Crippen molar-refractivity contribution < 1.29 is 4.74 Å². The molecular formula is C16H22N2O. The van der Waals surface area contributed by atoms with Crippen molar-refractivity contribution in [1.29, 1.82) is 5.26 Å². The molecule has 3 heteroatoms. The Bertz CT molecular complexity index is 464. The van der Waals surface area contributed by atoms with Crippen molar-refractivity contribution in [3.05, 3.63) is 23.8 Å². The predicted octanol–water partition coefficient (Wildman–Crippen LogP) is 3.81. The minimum Gasteiger partial charge on any atom is -0.495 e. The molecule has 0 spiro atoms. The summed E-state index contributed by atoms with van der Waals surface area (Å²) in [6, 6.07) is 7.68. The van der Waals surface area contributed by atoms with Gasteiger partial charge in [0, 0.05) is 12.6 Å². The van der Waals surface area contributed by atoms with Crippen molar-refractivity contribution in [1.82, 2.24) is 0 Å². The molecule has 1 saturated carbocycles. The highest BCUT2D eigenvalue weighted by molar-refractivity contribution is 5.59. The van der Waals surface area contributed by atoms with Crippen molar-refractivity contribution in [3.8, 4) is 11.8 Å². The largest absolute Gasteiger partial charge is 0.495 e. The summed E-state index contributed by atoms with van der Waals surface area (Å²) < 4.78 is 5.34. The van der Waals surface area contributed by atoms with Gasteiger partial charge in [0.1, 0.15) is 5.75 Å². The Morgan fingerprint density at radius 2 is 2.26 bits per heavy atom. The van der Waals surface area contributed by atoms with E-state index in [1.165, 1.54) is 25.7 Å². The molecule has 19 heavy (non-hydrogen) atoms. The third kappa shape index (κ3) is 3.64. The number of nitrogens with one attached hydrogen (secondary N) is 1. The maximum absolute atomic E-state index is 8.89. The molecule has 2 atom stereocenters. The molecule has 0 amide bonds. The fraction of sp³-hybridized carbons (Fsp3) is 0.562. The Labute approximate surface area is 115 Å². The summed E-state index contributed by atoms with van der Waals surface area (Å²) in [6.07, 6.45) is 5.34. The van der Waals surface area contributed by atoms with Gasteiger partial charge in [-0.2, -0.15) is 5.26 Å². The van der Waals surface area contributed by atoms with Crippen molar-refractivity contribution in [2.75, 3.05) is 19.0 Å². The van der Waals surface area contributed by atoms with Crippen LogP contribution in [0.15, 0.2) is 18.2 Å². The second kappa shape index (κ2) is 6.47. The smallest absolute Gasteiger partial charge is 0.143 e. The van der Waals surface area contributed by atoms with Crippen molar-refractivity contribution >= 4 is 5.69 Å². The highest BCUT2D eigenvalue weighted by atomic mass is 16.5. The third-order valence-corrected chi connectivity index (χ3v) is 3.96. The summed E-state index contributed by atoms with van der Waals surface area (Å²) in [5.74, 6) is 2.36. The van der Waals surface area contributed by atoms with E-state index in [0.717, 1.165) is 29.8 Å². The summed E-state index contributed by atoms with van der Waals surface area (Å²) in [5.41, 5.74) is 1.62. The molecule has 1 aromatic carbocycles. The van der Waals surface area contributed by atoms with Crippen molar-refractivity contribution in [2.45, 2.75) is 32.6 Å². The number of rotatable bonds is 4. The van der Waals surface area contributed by atoms with Crippen LogP contribution in [0.5, 0.6) is 5.75 Å². The summed E-state index contributed by atoms with van der Waals surface area (Å²) in [7, 11) is 1.64. The average molecular weight is 258 g/mol. The van der Waals surface area contributed by atoms with Crippen LogP contribution in [0.1, 0.15) is 38.2 Å². The molecule has 3 nitrogen and oxygen atoms in total. The van der Waals surface area contributed by atoms with E-state index < -0.39 is 0 Å². The molecule has 2 unspecified atom stereocenters. The third-order valence-electron chi connectivity index (χ3n) is 3.96. The van der Waals surface area contributed by atoms with E-state index in [4.69, 9.17) is 10.00 Å². The lowest BCUT2D eigenvalue weighted by Crippen LogP contribution is -2.21. The molecule has 0 bridgehead atoms. The number of nitriles is 1. The molecule has 1 aromatic rings. The van der Waals surface area contributed by atoms with Gasteiger partial charge in [0.15, 0.2) is 0 Å². The fourth-order valence-corrected chi connectivity index (χ4v) is 2.91. The van der Waals surface area contributed by atoms with E-state index in [9.17, 15) is 0 Å². The lowest BCUT2D eigenvalue weighted by Gasteiger charge is -2.27. The fourth-order valence-electron chi connectivity index (χ4n) is 2.91.